The molecular formula is C19H20N2O3. The van der Waals surface area contributed by atoms with E-state index < -0.39 is 18.1 Å². The largest absolute Gasteiger partial charge is 0.480 e. The summed E-state index contributed by atoms with van der Waals surface area (Å²) in [6.07, 6.45) is 0.997. The zero-order valence-electron chi connectivity index (χ0n) is 13.5. The summed E-state index contributed by atoms with van der Waals surface area (Å²) in [6.45, 7) is 1.98. The van der Waals surface area contributed by atoms with Crippen LogP contribution in [0.5, 0.6) is 0 Å². The third-order valence-electron chi connectivity index (χ3n) is 4.21. The quantitative estimate of drug-likeness (QED) is 0.808. The van der Waals surface area contributed by atoms with Gasteiger partial charge in [0.05, 0.1) is 6.04 Å². The van der Waals surface area contributed by atoms with Crippen molar-refractivity contribution in [3.05, 3.63) is 54.1 Å². The summed E-state index contributed by atoms with van der Waals surface area (Å²) in [5.74, 6) is -1.10. The maximum atomic E-state index is 12.4. The first kappa shape index (κ1) is 16.2. The number of nitrogens with one attached hydrogen (secondary N) is 2. The van der Waals surface area contributed by atoms with Crippen molar-refractivity contribution < 1.29 is 14.7 Å². The predicted octanol–water partition coefficient (Wildman–Crippen LogP) is 2.81. The van der Waals surface area contributed by atoms with Gasteiger partial charge >= 0.3 is 5.97 Å². The van der Waals surface area contributed by atoms with Crippen molar-refractivity contribution in [3.8, 4) is 11.1 Å². The summed E-state index contributed by atoms with van der Waals surface area (Å²) in [4.78, 5) is 23.4. The van der Waals surface area contributed by atoms with Crippen LogP contribution < -0.4 is 10.6 Å². The van der Waals surface area contributed by atoms with E-state index in [1.165, 1.54) is 0 Å². The molecule has 0 aromatic heterocycles. The Kier molecular flexibility index (Phi) is 4.62. The molecule has 2 aromatic rings. The normalized spacial score (nSPS) is 19.9. The molecule has 0 bridgehead atoms. The minimum atomic E-state index is -0.910. The molecule has 1 amide bonds. The van der Waals surface area contributed by atoms with Gasteiger partial charge in [0.25, 0.3) is 0 Å². The average molecular weight is 324 g/mol. The molecule has 1 aliphatic heterocycles. The van der Waals surface area contributed by atoms with E-state index in [2.05, 4.69) is 16.7 Å². The third kappa shape index (κ3) is 3.63. The van der Waals surface area contributed by atoms with E-state index in [0.29, 0.717) is 12.8 Å². The SMILES string of the molecule is Cc1cc(NC(=O)[C@@H]2CC[C@H](C(=O)O)N2)cc(-c2ccccc2)c1. The lowest BCUT2D eigenvalue weighted by Gasteiger charge is -2.14. The van der Waals surface area contributed by atoms with Gasteiger partial charge in [-0.05, 0) is 48.6 Å². The predicted molar refractivity (Wildman–Crippen MR) is 92.8 cm³/mol. The van der Waals surface area contributed by atoms with E-state index >= 15 is 0 Å². The van der Waals surface area contributed by atoms with Gasteiger partial charge in [0.15, 0.2) is 0 Å². The van der Waals surface area contributed by atoms with E-state index in [1.54, 1.807) is 0 Å². The van der Waals surface area contributed by atoms with Crippen molar-refractivity contribution >= 4 is 17.6 Å². The van der Waals surface area contributed by atoms with E-state index in [1.807, 2.05) is 49.4 Å². The first-order valence-corrected chi connectivity index (χ1v) is 8.00. The van der Waals surface area contributed by atoms with Gasteiger partial charge in [-0.15, -0.1) is 0 Å². The maximum absolute atomic E-state index is 12.4. The van der Waals surface area contributed by atoms with Crippen LogP contribution in [0.4, 0.5) is 5.69 Å². The van der Waals surface area contributed by atoms with Gasteiger partial charge in [-0.1, -0.05) is 36.4 Å². The van der Waals surface area contributed by atoms with Crippen molar-refractivity contribution in [1.29, 1.82) is 0 Å². The third-order valence-corrected chi connectivity index (χ3v) is 4.21. The topological polar surface area (TPSA) is 78.4 Å². The molecule has 5 nitrogen and oxygen atoms in total. The number of carboxylic acid groups (broad SMARTS) is 1. The Morgan fingerprint density at radius 2 is 1.75 bits per heavy atom. The van der Waals surface area contributed by atoms with Gasteiger partial charge in [-0.25, -0.2) is 0 Å². The highest BCUT2D eigenvalue weighted by molar-refractivity contribution is 5.96. The van der Waals surface area contributed by atoms with Crippen molar-refractivity contribution in [2.24, 2.45) is 0 Å². The summed E-state index contributed by atoms with van der Waals surface area (Å²) >= 11 is 0. The monoisotopic (exact) mass is 324 g/mol. The molecule has 1 aliphatic rings. The Morgan fingerprint density at radius 3 is 2.42 bits per heavy atom. The lowest BCUT2D eigenvalue weighted by molar-refractivity contribution is -0.139. The number of amides is 1. The molecule has 2 atom stereocenters. The summed E-state index contributed by atoms with van der Waals surface area (Å²) in [7, 11) is 0. The highest BCUT2D eigenvalue weighted by atomic mass is 16.4. The van der Waals surface area contributed by atoms with Crippen LogP contribution in [0.15, 0.2) is 48.5 Å². The minimum absolute atomic E-state index is 0.191. The van der Waals surface area contributed by atoms with Crippen LogP contribution >= 0.6 is 0 Å². The molecule has 3 rings (SSSR count). The smallest absolute Gasteiger partial charge is 0.320 e. The molecule has 0 radical (unpaired) electrons. The molecule has 2 aromatic carbocycles. The van der Waals surface area contributed by atoms with E-state index in [-0.39, 0.29) is 5.91 Å². The molecule has 0 aliphatic carbocycles. The number of hydrogen-bond acceptors (Lipinski definition) is 3. The fourth-order valence-electron chi connectivity index (χ4n) is 3.03. The van der Waals surface area contributed by atoms with Crippen molar-refractivity contribution in [1.82, 2.24) is 5.32 Å². The molecule has 1 heterocycles. The molecule has 0 spiro atoms. The first-order valence-electron chi connectivity index (χ1n) is 8.00. The summed E-state index contributed by atoms with van der Waals surface area (Å²) in [6, 6.07) is 14.8. The Balaban J connectivity index is 1.75. The zero-order valence-corrected chi connectivity index (χ0v) is 13.5. The van der Waals surface area contributed by atoms with Crippen LogP contribution in [0.3, 0.4) is 0 Å². The zero-order chi connectivity index (χ0) is 17.1. The van der Waals surface area contributed by atoms with Gasteiger partial charge < -0.3 is 10.4 Å². The molecule has 124 valence electrons. The molecule has 1 fully saturated rings. The maximum Gasteiger partial charge on any atom is 0.320 e. The molecule has 0 saturated carbocycles. The Labute approximate surface area is 140 Å². The van der Waals surface area contributed by atoms with Gasteiger partial charge in [0, 0.05) is 5.69 Å². The summed E-state index contributed by atoms with van der Waals surface area (Å²) in [5, 5.41) is 14.8. The molecule has 24 heavy (non-hydrogen) atoms. The van der Waals surface area contributed by atoms with Crippen LogP contribution in [0.25, 0.3) is 11.1 Å². The lowest BCUT2D eigenvalue weighted by Crippen LogP contribution is -2.41. The van der Waals surface area contributed by atoms with Gasteiger partial charge in [-0.2, -0.15) is 0 Å². The molecule has 3 N–H and O–H groups in total. The number of aliphatic carboxylic acids is 1. The van der Waals surface area contributed by atoms with E-state index in [4.69, 9.17) is 5.11 Å². The van der Waals surface area contributed by atoms with Gasteiger partial charge in [0.1, 0.15) is 6.04 Å². The number of carboxylic acids is 1. The fourth-order valence-corrected chi connectivity index (χ4v) is 3.03. The van der Waals surface area contributed by atoms with E-state index in [0.717, 1.165) is 22.4 Å². The summed E-state index contributed by atoms with van der Waals surface area (Å²) < 4.78 is 0. The van der Waals surface area contributed by atoms with E-state index in [9.17, 15) is 9.59 Å². The Bertz CT molecular complexity index is 758. The number of hydrogen-bond donors (Lipinski definition) is 3. The van der Waals surface area contributed by atoms with Crippen molar-refractivity contribution in [3.63, 3.8) is 0 Å². The van der Waals surface area contributed by atoms with Crippen molar-refractivity contribution in [2.75, 3.05) is 5.32 Å². The number of aryl methyl sites for hydroxylation is 1. The van der Waals surface area contributed by atoms with Crippen LogP contribution in [-0.4, -0.2) is 29.1 Å². The second-order valence-electron chi connectivity index (χ2n) is 6.13. The minimum Gasteiger partial charge on any atom is -0.480 e. The highest BCUT2D eigenvalue weighted by Crippen LogP contribution is 2.25. The first-order chi connectivity index (χ1) is 11.5. The summed E-state index contributed by atoms with van der Waals surface area (Å²) in [5.41, 5.74) is 3.89. The number of carbonyl (C=O) groups is 2. The Hall–Kier alpha value is -2.66. The van der Waals surface area contributed by atoms with Crippen molar-refractivity contribution in [2.45, 2.75) is 31.8 Å². The van der Waals surface area contributed by atoms with Crippen LogP contribution in [0, 0.1) is 6.92 Å². The van der Waals surface area contributed by atoms with Gasteiger partial charge in [-0.3, -0.25) is 14.9 Å². The highest BCUT2D eigenvalue weighted by Gasteiger charge is 2.32. The number of rotatable bonds is 4. The molecule has 5 heteroatoms. The van der Waals surface area contributed by atoms with Crippen LogP contribution in [0.1, 0.15) is 18.4 Å². The molecule has 0 unspecified atom stereocenters. The molecular weight excluding hydrogens is 304 g/mol. The second-order valence-corrected chi connectivity index (χ2v) is 6.13. The average Bonchev–Trinajstić information content (AvgIpc) is 3.05. The van der Waals surface area contributed by atoms with Crippen LogP contribution in [-0.2, 0) is 9.59 Å². The Morgan fingerprint density at radius 1 is 1.04 bits per heavy atom. The number of benzene rings is 2. The lowest BCUT2D eigenvalue weighted by atomic mass is 10.0. The standard InChI is InChI=1S/C19H20N2O3/c1-12-9-14(13-5-3-2-4-6-13)11-15(10-12)20-18(22)16-7-8-17(21-16)19(23)24/h2-6,9-11,16-17,21H,7-8H2,1H3,(H,20,22)(H,23,24)/t16-,17+/m0/s1. The second kappa shape index (κ2) is 6.84. The number of carbonyl (C=O) groups excluding carboxylic acids is 1. The molecule has 1 saturated heterocycles. The fraction of sp³-hybridized carbons (Fsp3) is 0.263. The van der Waals surface area contributed by atoms with Crippen LogP contribution in [0.2, 0.25) is 0 Å². The van der Waals surface area contributed by atoms with Gasteiger partial charge in [0.2, 0.25) is 5.91 Å². The number of anilines is 1.